The van der Waals surface area contributed by atoms with E-state index in [1.165, 1.54) is 29.5 Å². The third-order valence-corrected chi connectivity index (χ3v) is 5.57. The van der Waals surface area contributed by atoms with E-state index in [0.29, 0.717) is 4.88 Å². The molecule has 0 aliphatic rings. The first-order chi connectivity index (χ1) is 12.2. The Labute approximate surface area is 156 Å². The molecule has 0 fully saturated rings. The van der Waals surface area contributed by atoms with Gasteiger partial charge in [0, 0.05) is 6.26 Å². The number of hydrogen-bond donors (Lipinski definition) is 1. The second-order valence-corrected chi connectivity index (χ2v) is 8.64. The van der Waals surface area contributed by atoms with E-state index in [2.05, 4.69) is 10.4 Å². The Balaban J connectivity index is 1.79. The molecule has 0 unspecified atom stereocenters. The highest BCUT2D eigenvalue weighted by Crippen LogP contribution is 2.25. The van der Waals surface area contributed by atoms with Gasteiger partial charge in [0.05, 0.1) is 20.5 Å². The molecule has 0 aliphatic carbocycles. The number of nitrogens with one attached hydrogen (secondary N) is 1. The van der Waals surface area contributed by atoms with Gasteiger partial charge >= 0.3 is 5.76 Å². The Hall–Kier alpha value is -2.43. The second kappa shape index (κ2) is 7.06. The predicted octanol–water partition coefficient (Wildman–Crippen LogP) is 2.26. The van der Waals surface area contributed by atoms with Crippen molar-refractivity contribution in [1.82, 2.24) is 9.78 Å². The minimum absolute atomic E-state index is 0.00999. The van der Waals surface area contributed by atoms with E-state index in [1.807, 2.05) is 0 Å². The molecule has 1 aromatic carbocycles. The molecule has 2 heterocycles. The smallest absolute Gasteiger partial charge is 0.387 e. The molecule has 0 aliphatic heterocycles. The van der Waals surface area contributed by atoms with Gasteiger partial charge in [0.25, 0.3) is 5.89 Å². The van der Waals surface area contributed by atoms with Crippen molar-refractivity contribution in [3.05, 3.63) is 51.3 Å². The van der Waals surface area contributed by atoms with Crippen LogP contribution in [0, 0.1) is 0 Å². The topological polar surface area (TPSA) is 111 Å². The van der Waals surface area contributed by atoms with Crippen molar-refractivity contribution >= 4 is 44.4 Å². The van der Waals surface area contributed by atoms with E-state index in [0.717, 1.165) is 10.9 Å². The molecule has 1 N–H and O–H groups in total. The van der Waals surface area contributed by atoms with E-state index in [4.69, 9.17) is 16.0 Å². The minimum Gasteiger partial charge on any atom is -0.387 e. The molecular formula is C15H12ClN3O5S2. The number of carbonyl (C=O) groups excluding carboxylic acids is 1. The zero-order valence-electron chi connectivity index (χ0n) is 13.3. The minimum atomic E-state index is -3.46. The molecule has 0 radical (unpaired) electrons. The summed E-state index contributed by atoms with van der Waals surface area (Å²) in [7, 11) is -3.46. The number of sulfone groups is 1. The number of nitrogens with zero attached hydrogens (tertiary/aromatic N) is 2. The molecule has 26 heavy (non-hydrogen) atoms. The molecule has 8 nitrogen and oxygen atoms in total. The first-order valence-corrected chi connectivity index (χ1v) is 10.3. The van der Waals surface area contributed by atoms with Gasteiger partial charge in [-0.1, -0.05) is 17.7 Å². The van der Waals surface area contributed by atoms with Crippen LogP contribution in [0.1, 0.15) is 0 Å². The van der Waals surface area contributed by atoms with Crippen LogP contribution >= 0.6 is 22.9 Å². The molecule has 0 atom stereocenters. The fraction of sp³-hybridized carbons (Fsp3) is 0.133. The van der Waals surface area contributed by atoms with Crippen LogP contribution in [0.2, 0.25) is 5.02 Å². The Kier molecular flexibility index (Phi) is 4.99. The number of amides is 1. The number of hydrogen-bond acceptors (Lipinski definition) is 7. The van der Waals surface area contributed by atoms with Gasteiger partial charge in [0.15, 0.2) is 9.84 Å². The lowest BCUT2D eigenvalue weighted by atomic mass is 10.3. The first-order valence-electron chi connectivity index (χ1n) is 7.15. The van der Waals surface area contributed by atoms with Gasteiger partial charge in [-0.25, -0.2) is 13.2 Å². The van der Waals surface area contributed by atoms with Gasteiger partial charge in [0.2, 0.25) is 5.91 Å². The van der Waals surface area contributed by atoms with E-state index >= 15 is 0 Å². The average Bonchev–Trinajstić information content (AvgIpc) is 3.19. The maximum Gasteiger partial charge on any atom is 0.437 e. The van der Waals surface area contributed by atoms with Gasteiger partial charge in [-0.2, -0.15) is 4.68 Å². The molecule has 0 spiro atoms. The Morgan fingerprint density at radius 2 is 2.15 bits per heavy atom. The summed E-state index contributed by atoms with van der Waals surface area (Å²) in [6.45, 7) is -0.410. The van der Waals surface area contributed by atoms with Crippen molar-refractivity contribution in [3.63, 3.8) is 0 Å². The molecule has 2 aromatic heterocycles. The van der Waals surface area contributed by atoms with Crippen LogP contribution in [0.3, 0.4) is 0 Å². The highest BCUT2D eigenvalue weighted by atomic mass is 35.5. The number of benzene rings is 1. The molecule has 0 bridgehead atoms. The summed E-state index contributed by atoms with van der Waals surface area (Å²) in [5.74, 6) is -1.26. The van der Waals surface area contributed by atoms with E-state index in [-0.39, 0.29) is 21.5 Å². The zero-order valence-corrected chi connectivity index (χ0v) is 15.7. The predicted molar refractivity (Wildman–Crippen MR) is 97.3 cm³/mol. The molecule has 3 rings (SSSR count). The number of rotatable bonds is 5. The summed E-state index contributed by atoms with van der Waals surface area (Å²) in [6, 6.07) is 7.46. The van der Waals surface area contributed by atoms with Gasteiger partial charge in [-0.15, -0.1) is 16.4 Å². The Morgan fingerprint density at radius 3 is 2.81 bits per heavy atom. The normalized spacial score (nSPS) is 11.5. The largest absolute Gasteiger partial charge is 0.437 e. The van der Waals surface area contributed by atoms with E-state index in [9.17, 15) is 18.0 Å². The van der Waals surface area contributed by atoms with Crippen LogP contribution in [0.4, 0.5) is 5.69 Å². The molecule has 3 aromatic rings. The fourth-order valence-corrected chi connectivity index (χ4v) is 3.52. The van der Waals surface area contributed by atoms with Crippen molar-refractivity contribution in [2.24, 2.45) is 0 Å². The molecular weight excluding hydrogens is 402 g/mol. The van der Waals surface area contributed by atoms with E-state index in [1.54, 1.807) is 17.5 Å². The summed E-state index contributed by atoms with van der Waals surface area (Å²) in [6.07, 6.45) is 1.04. The van der Waals surface area contributed by atoms with Crippen LogP contribution in [-0.2, 0) is 21.2 Å². The monoisotopic (exact) mass is 413 g/mol. The lowest BCUT2D eigenvalue weighted by molar-refractivity contribution is -0.117. The molecule has 0 saturated carbocycles. The Bertz CT molecular complexity index is 1120. The average molecular weight is 414 g/mol. The SMILES string of the molecule is CS(=O)(=O)c1ccc(Cl)c(NC(=O)Cn2nc(-c3cccs3)oc2=O)c1. The maximum atomic E-state index is 12.2. The van der Waals surface area contributed by atoms with Crippen molar-refractivity contribution in [2.45, 2.75) is 11.4 Å². The third kappa shape index (κ3) is 4.03. The lowest BCUT2D eigenvalue weighted by Crippen LogP contribution is -2.26. The summed E-state index contributed by atoms with van der Waals surface area (Å²) in [5.41, 5.74) is 0.120. The molecule has 136 valence electrons. The maximum absolute atomic E-state index is 12.2. The second-order valence-electron chi connectivity index (χ2n) is 5.27. The molecule has 1 amide bonds. The van der Waals surface area contributed by atoms with Crippen LogP contribution in [0.5, 0.6) is 0 Å². The quantitative estimate of drug-likeness (QED) is 0.686. The Morgan fingerprint density at radius 1 is 1.38 bits per heavy atom. The fourth-order valence-electron chi connectivity index (χ4n) is 2.06. The molecule has 11 heteroatoms. The summed E-state index contributed by atoms with van der Waals surface area (Å²) >= 11 is 7.33. The number of aromatic nitrogens is 2. The number of thiophene rings is 1. The van der Waals surface area contributed by atoms with Crippen molar-refractivity contribution in [3.8, 4) is 10.8 Å². The lowest BCUT2D eigenvalue weighted by Gasteiger charge is -2.08. The van der Waals surface area contributed by atoms with Crippen molar-refractivity contribution in [2.75, 3.05) is 11.6 Å². The number of carbonyl (C=O) groups is 1. The van der Waals surface area contributed by atoms with E-state index < -0.39 is 28.0 Å². The van der Waals surface area contributed by atoms with Crippen LogP contribution < -0.4 is 11.1 Å². The first kappa shape index (κ1) is 18.4. The number of anilines is 1. The summed E-state index contributed by atoms with van der Waals surface area (Å²) in [4.78, 5) is 24.7. The molecule has 0 saturated heterocycles. The third-order valence-electron chi connectivity index (χ3n) is 3.27. The van der Waals surface area contributed by atoms with Crippen LogP contribution in [0.25, 0.3) is 10.8 Å². The highest BCUT2D eigenvalue weighted by molar-refractivity contribution is 7.90. The van der Waals surface area contributed by atoms with Gasteiger partial charge in [-0.05, 0) is 29.6 Å². The highest BCUT2D eigenvalue weighted by Gasteiger charge is 2.16. The standard InChI is InChI=1S/C15H12ClN3O5S2/c1-26(22,23)9-4-5-10(16)11(7-9)17-13(20)8-19-15(21)24-14(18-19)12-3-2-6-25-12/h2-7H,8H2,1H3,(H,17,20). The zero-order chi connectivity index (χ0) is 18.9. The van der Waals surface area contributed by atoms with Crippen LogP contribution in [-0.4, -0.2) is 30.4 Å². The van der Waals surface area contributed by atoms with Gasteiger partial charge in [-0.3, -0.25) is 4.79 Å². The number of halogens is 1. The van der Waals surface area contributed by atoms with Crippen molar-refractivity contribution in [1.29, 1.82) is 0 Å². The summed E-state index contributed by atoms with van der Waals surface area (Å²) in [5, 5.41) is 8.41. The summed E-state index contributed by atoms with van der Waals surface area (Å²) < 4.78 is 29.1. The van der Waals surface area contributed by atoms with Gasteiger partial charge in [0.1, 0.15) is 6.54 Å². The van der Waals surface area contributed by atoms with Gasteiger partial charge < -0.3 is 9.73 Å². The van der Waals surface area contributed by atoms with Crippen LogP contribution in [0.15, 0.2) is 49.8 Å². The van der Waals surface area contributed by atoms with Crippen molar-refractivity contribution < 1.29 is 17.6 Å².